The molecule has 0 spiro atoms. The summed E-state index contributed by atoms with van der Waals surface area (Å²) in [6, 6.07) is 6.53. The zero-order valence-corrected chi connectivity index (χ0v) is 18.3. The molecule has 2 aliphatic rings. The van der Waals surface area contributed by atoms with Crippen LogP contribution in [0.3, 0.4) is 0 Å². The molecule has 1 amide bonds. The maximum atomic E-state index is 12.7. The van der Waals surface area contributed by atoms with Gasteiger partial charge in [-0.05, 0) is 50.2 Å². The number of nitrogens with one attached hydrogen (secondary N) is 1. The third-order valence-corrected chi connectivity index (χ3v) is 7.64. The van der Waals surface area contributed by atoms with Crippen molar-refractivity contribution in [3.05, 3.63) is 30.2 Å². The molecule has 0 saturated carbocycles. The number of nitrogens with zero attached hydrogens (tertiary/aromatic N) is 4. The monoisotopic (exact) mass is 449 g/mol. The van der Waals surface area contributed by atoms with Crippen LogP contribution in [-0.2, 0) is 14.8 Å². The van der Waals surface area contributed by atoms with Crippen molar-refractivity contribution in [1.82, 2.24) is 24.7 Å². The predicted molar refractivity (Wildman–Crippen MR) is 112 cm³/mol. The lowest BCUT2D eigenvalue weighted by Gasteiger charge is -2.26. The van der Waals surface area contributed by atoms with E-state index in [1.807, 2.05) is 0 Å². The van der Waals surface area contributed by atoms with E-state index in [4.69, 9.17) is 9.15 Å². The molecule has 0 radical (unpaired) electrons. The van der Waals surface area contributed by atoms with Crippen LogP contribution in [0.4, 0.5) is 0 Å². The Balaban J connectivity index is 1.40. The molecule has 11 heteroatoms. The molecule has 4 rings (SSSR count). The van der Waals surface area contributed by atoms with Gasteiger partial charge in [-0.15, -0.1) is 10.2 Å². The third kappa shape index (κ3) is 4.79. The first-order chi connectivity index (χ1) is 15.0. The van der Waals surface area contributed by atoms with E-state index in [2.05, 4.69) is 27.3 Å². The number of benzene rings is 1. The molecule has 2 saturated heterocycles. The summed E-state index contributed by atoms with van der Waals surface area (Å²) in [6.45, 7) is 6.12. The number of ether oxygens (including phenoxy) is 1. The van der Waals surface area contributed by atoms with Crippen LogP contribution in [-0.4, -0.2) is 85.7 Å². The SMILES string of the molecule is CCN1CCC[C@H]1CNC(=O)c1nnc(-c2ccc(S(=O)(=O)N3CCOCC3)cc2)o1. The van der Waals surface area contributed by atoms with Crippen molar-refractivity contribution < 1.29 is 22.4 Å². The first-order valence-corrected chi connectivity index (χ1v) is 12.0. The van der Waals surface area contributed by atoms with Crippen LogP contribution in [0.1, 0.15) is 30.5 Å². The fourth-order valence-corrected chi connectivity index (χ4v) is 5.37. The zero-order chi connectivity index (χ0) is 21.8. The standard InChI is InChI=1S/C20H27N5O5S/c1-2-24-9-3-4-16(24)14-21-18(26)20-23-22-19(30-20)15-5-7-17(8-6-15)31(27,28)25-10-12-29-13-11-25/h5-8,16H,2-4,9-14H2,1H3,(H,21,26)/t16-/m0/s1. The van der Waals surface area contributed by atoms with Gasteiger partial charge in [0.2, 0.25) is 15.9 Å². The number of hydrogen-bond donors (Lipinski definition) is 1. The van der Waals surface area contributed by atoms with E-state index in [0.29, 0.717) is 44.5 Å². The zero-order valence-electron chi connectivity index (χ0n) is 17.5. The molecule has 2 fully saturated rings. The highest BCUT2D eigenvalue weighted by Crippen LogP contribution is 2.23. The summed E-state index contributed by atoms with van der Waals surface area (Å²) >= 11 is 0. The summed E-state index contributed by atoms with van der Waals surface area (Å²) in [7, 11) is -3.57. The molecule has 0 aliphatic carbocycles. The van der Waals surface area contributed by atoms with Crippen molar-refractivity contribution >= 4 is 15.9 Å². The van der Waals surface area contributed by atoms with Gasteiger partial charge >= 0.3 is 11.8 Å². The molecule has 1 atom stereocenters. The Morgan fingerprint density at radius 3 is 2.61 bits per heavy atom. The van der Waals surface area contributed by atoms with Crippen molar-refractivity contribution in [2.24, 2.45) is 0 Å². The Bertz CT molecular complexity index is 1000. The molecular formula is C20H27N5O5S. The minimum atomic E-state index is -3.57. The van der Waals surface area contributed by atoms with Gasteiger partial charge in [0.25, 0.3) is 0 Å². The van der Waals surface area contributed by atoms with E-state index in [1.54, 1.807) is 12.1 Å². The number of rotatable bonds is 7. The lowest BCUT2D eigenvalue weighted by molar-refractivity contribution is 0.0730. The van der Waals surface area contributed by atoms with Crippen LogP contribution in [0, 0.1) is 0 Å². The molecule has 3 heterocycles. The average Bonchev–Trinajstić information content (AvgIpc) is 3.48. The number of aromatic nitrogens is 2. The maximum absolute atomic E-state index is 12.7. The summed E-state index contributed by atoms with van der Waals surface area (Å²) in [5, 5.41) is 10.6. The van der Waals surface area contributed by atoms with Gasteiger partial charge < -0.3 is 14.5 Å². The Hall–Kier alpha value is -2.34. The number of carbonyl (C=O) groups is 1. The van der Waals surface area contributed by atoms with Crippen molar-refractivity contribution in [1.29, 1.82) is 0 Å². The molecule has 1 N–H and O–H groups in total. The highest BCUT2D eigenvalue weighted by molar-refractivity contribution is 7.89. The number of morpholine rings is 1. The summed E-state index contributed by atoms with van der Waals surface area (Å²) in [5.41, 5.74) is 0.542. The normalized spacial score (nSPS) is 20.7. The summed E-state index contributed by atoms with van der Waals surface area (Å²) in [6.07, 6.45) is 2.19. The second kappa shape index (κ2) is 9.43. The van der Waals surface area contributed by atoms with E-state index in [9.17, 15) is 13.2 Å². The van der Waals surface area contributed by atoms with Gasteiger partial charge in [-0.1, -0.05) is 6.92 Å². The van der Waals surface area contributed by atoms with Crippen LogP contribution in [0.2, 0.25) is 0 Å². The third-order valence-electron chi connectivity index (χ3n) is 5.73. The molecule has 0 unspecified atom stereocenters. The Morgan fingerprint density at radius 2 is 1.90 bits per heavy atom. The molecule has 31 heavy (non-hydrogen) atoms. The largest absolute Gasteiger partial charge is 0.412 e. The Morgan fingerprint density at radius 1 is 1.16 bits per heavy atom. The molecule has 1 aromatic carbocycles. The van der Waals surface area contributed by atoms with E-state index in [-0.39, 0.29) is 16.7 Å². The van der Waals surface area contributed by atoms with Gasteiger partial charge in [-0.25, -0.2) is 8.42 Å². The van der Waals surface area contributed by atoms with Crippen molar-refractivity contribution in [3.8, 4) is 11.5 Å². The number of sulfonamides is 1. The molecule has 168 valence electrons. The number of likely N-dealkylation sites (N-methyl/N-ethyl adjacent to an activating group) is 1. The summed E-state index contributed by atoms with van der Waals surface area (Å²) in [4.78, 5) is 14.9. The second-order valence-electron chi connectivity index (χ2n) is 7.59. The van der Waals surface area contributed by atoms with Crippen LogP contribution in [0.25, 0.3) is 11.5 Å². The topological polar surface area (TPSA) is 118 Å². The fourth-order valence-electron chi connectivity index (χ4n) is 3.97. The van der Waals surface area contributed by atoms with Crippen LogP contribution >= 0.6 is 0 Å². The van der Waals surface area contributed by atoms with Crippen LogP contribution < -0.4 is 5.32 Å². The molecule has 1 aromatic heterocycles. The highest BCUT2D eigenvalue weighted by Gasteiger charge is 2.27. The number of amides is 1. The molecule has 2 aliphatic heterocycles. The molecule has 2 aromatic rings. The maximum Gasteiger partial charge on any atom is 0.308 e. The lowest BCUT2D eigenvalue weighted by atomic mass is 10.2. The van der Waals surface area contributed by atoms with Gasteiger partial charge in [0.1, 0.15) is 0 Å². The summed E-state index contributed by atoms with van der Waals surface area (Å²) in [5.74, 6) is -0.356. The van der Waals surface area contributed by atoms with Gasteiger partial charge in [0.05, 0.1) is 18.1 Å². The quantitative estimate of drug-likeness (QED) is 0.664. The fraction of sp³-hybridized carbons (Fsp3) is 0.550. The van der Waals surface area contributed by atoms with Gasteiger partial charge in [-0.3, -0.25) is 9.69 Å². The van der Waals surface area contributed by atoms with Crippen LogP contribution in [0.15, 0.2) is 33.6 Å². The minimum absolute atomic E-state index is 0.110. The van der Waals surface area contributed by atoms with E-state index < -0.39 is 15.9 Å². The summed E-state index contributed by atoms with van der Waals surface area (Å²) < 4.78 is 37.6. The number of hydrogen-bond acceptors (Lipinski definition) is 8. The molecule has 10 nitrogen and oxygen atoms in total. The van der Waals surface area contributed by atoms with Crippen molar-refractivity contribution in [2.75, 3.05) is 45.9 Å². The Kier molecular flexibility index (Phi) is 6.65. The first-order valence-electron chi connectivity index (χ1n) is 10.5. The smallest absolute Gasteiger partial charge is 0.308 e. The predicted octanol–water partition coefficient (Wildman–Crippen LogP) is 0.972. The van der Waals surface area contributed by atoms with Crippen molar-refractivity contribution in [3.63, 3.8) is 0 Å². The molecular weight excluding hydrogens is 422 g/mol. The first kappa shape index (κ1) is 21.9. The number of likely N-dealkylation sites (tertiary alicyclic amines) is 1. The Labute approximate surface area is 181 Å². The van der Waals surface area contributed by atoms with Crippen molar-refractivity contribution in [2.45, 2.75) is 30.7 Å². The van der Waals surface area contributed by atoms with Gasteiger partial charge in [0, 0.05) is 31.2 Å². The van der Waals surface area contributed by atoms with Gasteiger partial charge in [-0.2, -0.15) is 4.31 Å². The minimum Gasteiger partial charge on any atom is -0.412 e. The van der Waals surface area contributed by atoms with Crippen LogP contribution in [0.5, 0.6) is 0 Å². The molecule has 0 bridgehead atoms. The lowest BCUT2D eigenvalue weighted by Crippen LogP contribution is -2.40. The van der Waals surface area contributed by atoms with E-state index in [1.165, 1.54) is 16.4 Å². The van der Waals surface area contributed by atoms with Gasteiger partial charge in [0.15, 0.2) is 0 Å². The van der Waals surface area contributed by atoms with E-state index in [0.717, 1.165) is 25.9 Å². The number of carbonyl (C=O) groups excluding carboxylic acids is 1. The van der Waals surface area contributed by atoms with E-state index >= 15 is 0 Å². The highest BCUT2D eigenvalue weighted by atomic mass is 32.2. The second-order valence-corrected chi connectivity index (χ2v) is 9.53. The average molecular weight is 450 g/mol.